The number of ether oxygens (including phenoxy) is 1. The second-order valence-corrected chi connectivity index (χ2v) is 4.10. The standard InChI is InChI=1S/C13H12F5NO2/c1-8(11(14)15)6-7-21-12(20)19-10-5-3-2-4-9(10)13(16,17)18/h2-5H,6-7H2,1H3,(H,19,20). The number of carbonyl (C=O) groups excluding carboxylic acids is 1. The van der Waals surface area contributed by atoms with Crippen LogP contribution in [-0.4, -0.2) is 12.7 Å². The Morgan fingerprint density at radius 3 is 2.43 bits per heavy atom. The Hall–Kier alpha value is -2.12. The van der Waals surface area contributed by atoms with Crippen molar-refractivity contribution in [3.05, 3.63) is 41.5 Å². The van der Waals surface area contributed by atoms with E-state index in [0.29, 0.717) is 0 Å². The summed E-state index contributed by atoms with van der Waals surface area (Å²) in [7, 11) is 0. The Bertz CT molecular complexity index is 536. The zero-order valence-electron chi connectivity index (χ0n) is 10.9. The van der Waals surface area contributed by atoms with Crippen LogP contribution in [0.25, 0.3) is 0 Å². The van der Waals surface area contributed by atoms with Gasteiger partial charge in [0.1, 0.15) is 0 Å². The van der Waals surface area contributed by atoms with Crippen LogP contribution in [0.4, 0.5) is 32.4 Å². The van der Waals surface area contributed by atoms with Crippen molar-refractivity contribution in [1.29, 1.82) is 0 Å². The minimum Gasteiger partial charge on any atom is -0.449 e. The van der Waals surface area contributed by atoms with E-state index >= 15 is 0 Å². The Labute approximate surface area is 117 Å². The smallest absolute Gasteiger partial charge is 0.418 e. The number of anilines is 1. The lowest BCUT2D eigenvalue weighted by Crippen LogP contribution is -2.18. The van der Waals surface area contributed by atoms with E-state index < -0.39 is 29.6 Å². The van der Waals surface area contributed by atoms with Gasteiger partial charge in [0.25, 0.3) is 6.08 Å². The van der Waals surface area contributed by atoms with Gasteiger partial charge in [-0.25, -0.2) is 4.79 Å². The van der Waals surface area contributed by atoms with E-state index in [0.717, 1.165) is 19.1 Å². The normalized spacial score (nSPS) is 11.0. The number of amides is 1. The van der Waals surface area contributed by atoms with Gasteiger partial charge in [-0.05, 0) is 24.6 Å². The summed E-state index contributed by atoms with van der Waals surface area (Å²) in [5.41, 5.74) is -1.73. The fourth-order valence-electron chi connectivity index (χ4n) is 1.38. The first-order valence-corrected chi connectivity index (χ1v) is 5.82. The summed E-state index contributed by atoms with van der Waals surface area (Å²) in [5.74, 6) is 0. The largest absolute Gasteiger partial charge is 0.449 e. The Kier molecular flexibility index (Phi) is 5.69. The van der Waals surface area contributed by atoms with Gasteiger partial charge in [0, 0.05) is 6.42 Å². The summed E-state index contributed by atoms with van der Waals surface area (Å²) in [5, 5.41) is 1.94. The zero-order chi connectivity index (χ0) is 16.0. The third kappa shape index (κ3) is 5.41. The molecule has 0 aliphatic heterocycles. The molecule has 0 aromatic heterocycles. The quantitative estimate of drug-likeness (QED) is 0.810. The summed E-state index contributed by atoms with van der Waals surface area (Å²) in [6, 6.07) is 4.37. The number of alkyl halides is 3. The van der Waals surface area contributed by atoms with E-state index in [-0.39, 0.29) is 18.6 Å². The van der Waals surface area contributed by atoms with Crippen LogP contribution in [0, 0.1) is 0 Å². The topological polar surface area (TPSA) is 38.3 Å². The summed E-state index contributed by atoms with van der Waals surface area (Å²) >= 11 is 0. The molecule has 0 atom stereocenters. The van der Waals surface area contributed by atoms with Crippen LogP contribution in [0.5, 0.6) is 0 Å². The van der Waals surface area contributed by atoms with Gasteiger partial charge in [-0.3, -0.25) is 5.32 Å². The molecule has 0 spiro atoms. The van der Waals surface area contributed by atoms with E-state index in [1.165, 1.54) is 12.1 Å². The van der Waals surface area contributed by atoms with Gasteiger partial charge in [-0.15, -0.1) is 0 Å². The molecule has 0 unspecified atom stereocenters. The molecule has 0 saturated carbocycles. The first kappa shape index (κ1) is 16.9. The first-order valence-electron chi connectivity index (χ1n) is 5.82. The molecule has 8 heteroatoms. The number of nitrogens with one attached hydrogen (secondary N) is 1. The van der Waals surface area contributed by atoms with Crippen LogP contribution >= 0.6 is 0 Å². The second kappa shape index (κ2) is 7.05. The van der Waals surface area contributed by atoms with Crippen LogP contribution in [0.2, 0.25) is 0 Å². The summed E-state index contributed by atoms with van der Waals surface area (Å²) in [6.45, 7) is 0.804. The third-order valence-electron chi connectivity index (χ3n) is 2.50. The fraction of sp³-hybridized carbons (Fsp3) is 0.308. The summed E-state index contributed by atoms with van der Waals surface area (Å²) in [4.78, 5) is 11.3. The lowest BCUT2D eigenvalue weighted by molar-refractivity contribution is -0.136. The van der Waals surface area contributed by atoms with Crippen LogP contribution in [0.1, 0.15) is 18.9 Å². The molecule has 0 saturated heterocycles. The van der Waals surface area contributed by atoms with Crippen molar-refractivity contribution in [1.82, 2.24) is 0 Å². The van der Waals surface area contributed by atoms with Crippen molar-refractivity contribution >= 4 is 11.8 Å². The van der Waals surface area contributed by atoms with Crippen LogP contribution < -0.4 is 5.32 Å². The van der Waals surface area contributed by atoms with Gasteiger partial charge in [-0.2, -0.15) is 22.0 Å². The molecule has 0 aliphatic carbocycles. The number of benzene rings is 1. The number of halogens is 5. The molecule has 0 fully saturated rings. The van der Waals surface area contributed by atoms with Crippen molar-refractivity contribution < 1.29 is 31.5 Å². The Morgan fingerprint density at radius 1 is 1.24 bits per heavy atom. The molecule has 116 valence electrons. The highest BCUT2D eigenvalue weighted by atomic mass is 19.4. The summed E-state index contributed by atoms with van der Waals surface area (Å²) in [6.07, 6.45) is -7.84. The highest BCUT2D eigenvalue weighted by Crippen LogP contribution is 2.34. The van der Waals surface area contributed by atoms with Gasteiger partial charge in [-0.1, -0.05) is 12.1 Å². The number of hydrogen-bond donors (Lipinski definition) is 1. The zero-order valence-corrected chi connectivity index (χ0v) is 10.9. The monoisotopic (exact) mass is 309 g/mol. The van der Waals surface area contributed by atoms with E-state index in [2.05, 4.69) is 4.74 Å². The van der Waals surface area contributed by atoms with Crippen molar-refractivity contribution in [2.24, 2.45) is 0 Å². The Morgan fingerprint density at radius 2 is 1.86 bits per heavy atom. The third-order valence-corrected chi connectivity index (χ3v) is 2.50. The maximum absolute atomic E-state index is 12.7. The van der Waals surface area contributed by atoms with Crippen molar-refractivity contribution in [3.8, 4) is 0 Å². The fourth-order valence-corrected chi connectivity index (χ4v) is 1.38. The van der Waals surface area contributed by atoms with Gasteiger partial charge < -0.3 is 4.74 Å². The molecule has 1 amide bonds. The lowest BCUT2D eigenvalue weighted by Gasteiger charge is -2.13. The molecule has 1 rings (SSSR count). The van der Waals surface area contributed by atoms with E-state index in [1.54, 1.807) is 0 Å². The van der Waals surface area contributed by atoms with Gasteiger partial charge in [0.2, 0.25) is 0 Å². The number of carbonyl (C=O) groups is 1. The average molecular weight is 309 g/mol. The lowest BCUT2D eigenvalue weighted by atomic mass is 10.2. The average Bonchev–Trinajstić information content (AvgIpc) is 2.37. The minimum atomic E-state index is -4.62. The predicted molar refractivity (Wildman–Crippen MR) is 65.9 cm³/mol. The highest BCUT2D eigenvalue weighted by Gasteiger charge is 2.33. The molecule has 1 N–H and O–H groups in total. The van der Waals surface area contributed by atoms with E-state index in [4.69, 9.17) is 0 Å². The van der Waals surface area contributed by atoms with Gasteiger partial charge in [0.05, 0.1) is 17.9 Å². The molecule has 21 heavy (non-hydrogen) atoms. The molecule has 0 bridgehead atoms. The number of hydrogen-bond acceptors (Lipinski definition) is 2. The molecule has 1 aromatic carbocycles. The maximum Gasteiger partial charge on any atom is 0.418 e. The maximum atomic E-state index is 12.7. The van der Waals surface area contributed by atoms with E-state index in [9.17, 15) is 26.7 Å². The molecule has 0 heterocycles. The predicted octanol–water partition coefficient (Wildman–Crippen LogP) is 4.81. The van der Waals surface area contributed by atoms with Crippen molar-refractivity contribution in [2.75, 3.05) is 11.9 Å². The van der Waals surface area contributed by atoms with Crippen molar-refractivity contribution in [2.45, 2.75) is 19.5 Å². The van der Waals surface area contributed by atoms with Gasteiger partial charge >= 0.3 is 12.3 Å². The highest BCUT2D eigenvalue weighted by molar-refractivity contribution is 5.85. The SMILES string of the molecule is CC(CCOC(=O)Nc1ccccc1C(F)(F)F)=C(F)F. The second-order valence-electron chi connectivity index (χ2n) is 4.10. The molecule has 1 aromatic rings. The van der Waals surface area contributed by atoms with E-state index in [1.807, 2.05) is 5.32 Å². The molecular formula is C13H12F5NO2. The number of rotatable bonds is 4. The molecule has 0 radical (unpaired) electrons. The number of para-hydroxylation sites is 1. The molecular weight excluding hydrogens is 297 g/mol. The van der Waals surface area contributed by atoms with Crippen LogP contribution in [0.15, 0.2) is 35.9 Å². The minimum absolute atomic E-state index is 0.198. The Balaban J connectivity index is 2.62. The van der Waals surface area contributed by atoms with Crippen molar-refractivity contribution in [3.63, 3.8) is 0 Å². The first-order chi connectivity index (χ1) is 9.71. The van der Waals surface area contributed by atoms with Crippen LogP contribution in [-0.2, 0) is 10.9 Å². The molecule has 3 nitrogen and oxygen atoms in total. The summed E-state index contributed by atoms with van der Waals surface area (Å²) < 4.78 is 66.7. The molecule has 0 aliphatic rings. The van der Waals surface area contributed by atoms with Gasteiger partial charge in [0.15, 0.2) is 0 Å². The van der Waals surface area contributed by atoms with Crippen LogP contribution in [0.3, 0.4) is 0 Å².